The molecule has 144 valence electrons. The third kappa shape index (κ3) is 6.37. The van der Waals surface area contributed by atoms with Gasteiger partial charge < -0.3 is 19.3 Å². The maximum absolute atomic E-state index is 11.4. The molecule has 0 radical (unpaired) electrons. The van der Waals surface area contributed by atoms with Crippen LogP contribution in [0.4, 0.5) is 0 Å². The highest BCUT2D eigenvalue weighted by atomic mass is 16.9. The molecule has 1 aromatic carbocycles. The van der Waals surface area contributed by atoms with E-state index in [0.29, 0.717) is 12.8 Å². The molecule has 0 heterocycles. The molecule has 0 aliphatic rings. The quantitative estimate of drug-likeness (QED) is 0.390. The van der Waals surface area contributed by atoms with Crippen molar-refractivity contribution in [2.45, 2.75) is 76.3 Å². The Labute approximate surface area is 153 Å². The number of rotatable bonds is 14. The lowest BCUT2D eigenvalue weighted by molar-refractivity contribution is -0.422. The summed E-state index contributed by atoms with van der Waals surface area (Å²) in [4.78, 5) is 0. The Morgan fingerprint density at radius 3 is 1.92 bits per heavy atom. The first-order chi connectivity index (χ1) is 12.1. The van der Waals surface area contributed by atoms with Crippen LogP contribution in [0.15, 0.2) is 30.3 Å². The van der Waals surface area contributed by atoms with Crippen molar-refractivity contribution in [1.29, 1.82) is 0 Å². The van der Waals surface area contributed by atoms with Gasteiger partial charge in [-0.3, -0.25) is 0 Å². The average molecular weight is 353 g/mol. The van der Waals surface area contributed by atoms with Gasteiger partial charge in [0.15, 0.2) is 0 Å². The molecule has 0 aromatic heterocycles. The fraction of sp³-hybridized carbons (Fsp3) is 0.714. The van der Waals surface area contributed by atoms with Crippen molar-refractivity contribution >= 4 is 0 Å². The highest BCUT2D eigenvalue weighted by Gasteiger charge is 2.52. The number of ether oxygens (including phenoxy) is 3. The van der Waals surface area contributed by atoms with E-state index in [1.54, 1.807) is 0 Å². The molecule has 0 saturated heterocycles. The summed E-state index contributed by atoms with van der Waals surface area (Å²) in [6.07, 6.45) is 8.82. The zero-order valence-corrected chi connectivity index (χ0v) is 16.4. The van der Waals surface area contributed by atoms with Crippen molar-refractivity contribution in [3.8, 4) is 0 Å². The first-order valence-corrected chi connectivity index (χ1v) is 9.49. The van der Waals surface area contributed by atoms with Gasteiger partial charge in [0, 0.05) is 21.3 Å². The lowest BCUT2D eigenvalue weighted by Crippen LogP contribution is -2.58. The summed E-state index contributed by atoms with van der Waals surface area (Å²) in [5.74, 6) is -1.44. The normalized spacial score (nSPS) is 14.4. The highest BCUT2D eigenvalue weighted by Crippen LogP contribution is 2.36. The molecule has 0 aliphatic heterocycles. The van der Waals surface area contributed by atoms with E-state index in [4.69, 9.17) is 14.2 Å². The Morgan fingerprint density at radius 1 is 0.800 bits per heavy atom. The third-order valence-electron chi connectivity index (χ3n) is 4.99. The summed E-state index contributed by atoms with van der Waals surface area (Å²) in [6.45, 7) is 2.21. The Balaban J connectivity index is 2.74. The Kier molecular flexibility index (Phi) is 10.3. The predicted molar refractivity (Wildman–Crippen MR) is 101 cm³/mol. The van der Waals surface area contributed by atoms with Crippen LogP contribution in [0, 0.1) is 0 Å². The molecule has 4 nitrogen and oxygen atoms in total. The largest absolute Gasteiger partial charge is 0.381 e. The van der Waals surface area contributed by atoms with Gasteiger partial charge in [-0.1, -0.05) is 75.8 Å². The molecule has 1 aromatic rings. The SMILES string of the molecule is CCCCCCCCC(O)(CCc1ccccc1)C(OC)(OC)OC. The summed E-state index contributed by atoms with van der Waals surface area (Å²) >= 11 is 0. The van der Waals surface area contributed by atoms with Gasteiger partial charge >= 0.3 is 5.97 Å². The molecule has 0 aliphatic carbocycles. The Morgan fingerprint density at radius 2 is 1.36 bits per heavy atom. The molecule has 0 saturated carbocycles. The van der Waals surface area contributed by atoms with Crippen LogP contribution in [0.5, 0.6) is 0 Å². The number of aryl methyl sites for hydroxylation is 1. The monoisotopic (exact) mass is 352 g/mol. The van der Waals surface area contributed by atoms with Gasteiger partial charge in [-0.05, 0) is 24.8 Å². The minimum Gasteiger partial charge on any atom is -0.381 e. The van der Waals surface area contributed by atoms with Crippen LogP contribution in [0.1, 0.15) is 63.9 Å². The molecule has 1 atom stereocenters. The summed E-state index contributed by atoms with van der Waals surface area (Å²) < 4.78 is 16.5. The maximum Gasteiger partial charge on any atom is 0.312 e. The van der Waals surface area contributed by atoms with Crippen molar-refractivity contribution < 1.29 is 19.3 Å². The summed E-state index contributed by atoms with van der Waals surface area (Å²) in [6, 6.07) is 10.2. The van der Waals surface area contributed by atoms with Gasteiger partial charge in [0.2, 0.25) is 0 Å². The highest BCUT2D eigenvalue weighted by molar-refractivity contribution is 5.15. The van der Waals surface area contributed by atoms with Crippen LogP contribution in [0.3, 0.4) is 0 Å². The molecule has 1 unspecified atom stereocenters. The average Bonchev–Trinajstić information content (AvgIpc) is 2.66. The number of benzene rings is 1. The van der Waals surface area contributed by atoms with Crippen LogP contribution >= 0.6 is 0 Å². The topological polar surface area (TPSA) is 47.9 Å². The molecule has 0 amide bonds. The molecule has 1 N–H and O–H groups in total. The molecule has 0 bridgehead atoms. The van der Waals surface area contributed by atoms with Crippen molar-refractivity contribution in [3.05, 3.63) is 35.9 Å². The number of methoxy groups -OCH3 is 3. The van der Waals surface area contributed by atoms with Crippen LogP contribution in [0.2, 0.25) is 0 Å². The van der Waals surface area contributed by atoms with E-state index in [2.05, 4.69) is 19.1 Å². The third-order valence-corrected chi connectivity index (χ3v) is 4.99. The molecule has 25 heavy (non-hydrogen) atoms. The van der Waals surface area contributed by atoms with E-state index >= 15 is 0 Å². The molecular weight excluding hydrogens is 316 g/mol. The minimum atomic E-state index is -1.44. The second-order valence-corrected chi connectivity index (χ2v) is 6.70. The van der Waals surface area contributed by atoms with Crippen LogP contribution in [0.25, 0.3) is 0 Å². The van der Waals surface area contributed by atoms with Gasteiger partial charge in [0.25, 0.3) is 0 Å². The Hall–Kier alpha value is -0.940. The van der Waals surface area contributed by atoms with Gasteiger partial charge in [-0.15, -0.1) is 0 Å². The van der Waals surface area contributed by atoms with E-state index in [1.165, 1.54) is 52.6 Å². The lowest BCUT2D eigenvalue weighted by atomic mass is 9.86. The minimum absolute atomic E-state index is 0.515. The molecular formula is C21H36O4. The first kappa shape index (κ1) is 22.1. The number of hydrogen-bond acceptors (Lipinski definition) is 4. The fourth-order valence-corrected chi connectivity index (χ4v) is 3.44. The van der Waals surface area contributed by atoms with Gasteiger partial charge in [0.1, 0.15) is 5.60 Å². The zero-order valence-electron chi connectivity index (χ0n) is 16.4. The predicted octanol–water partition coefficient (Wildman–Crippen LogP) is 4.69. The molecule has 0 fully saturated rings. The standard InChI is InChI=1S/C21H36O4/c1-5-6-7-8-9-13-17-20(22,21(23-2,24-3)25-4)18-16-19-14-11-10-12-15-19/h10-12,14-15,22H,5-9,13,16-18H2,1-4H3. The van der Waals surface area contributed by atoms with Gasteiger partial charge in [-0.25, -0.2) is 0 Å². The summed E-state index contributed by atoms with van der Waals surface area (Å²) in [5.41, 5.74) is -0.0210. The van der Waals surface area contributed by atoms with Gasteiger partial charge in [-0.2, -0.15) is 0 Å². The van der Waals surface area contributed by atoms with E-state index in [1.807, 2.05) is 18.2 Å². The van der Waals surface area contributed by atoms with E-state index in [9.17, 15) is 5.11 Å². The lowest BCUT2D eigenvalue weighted by Gasteiger charge is -2.43. The van der Waals surface area contributed by atoms with Crippen molar-refractivity contribution in [3.63, 3.8) is 0 Å². The Bertz CT molecular complexity index is 436. The second-order valence-electron chi connectivity index (χ2n) is 6.70. The van der Waals surface area contributed by atoms with E-state index in [-0.39, 0.29) is 0 Å². The van der Waals surface area contributed by atoms with Crippen molar-refractivity contribution in [2.75, 3.05) is 21.3 Å². The first-order valence-electron chi connectivity index (χ1n) is 9.49. The summed E-state index contributed by atoms with van der Waals surface area (Å²) in [7, 11) is 4.55. The molecule has 1 rings (SSSR count). The van der Waals surface area contributed by atoms with E-state index < -0.39 is 11.6 Å². The van der Waals surface area contributed by atoms with Crippen molar-refractivity contribution in [2.24, 2.45) is 0 Å². The van der Waals surface area contributed by atoms with Crippen LogP contribution in [-0.4, -0.2) is 38.0 Å². The zero-order chi connectivity index (χ0) is 18.6. The van der Waals surface area contributed by atoms with Gasteiger partial charge in [0.05, 0.1) is 0 Å². The summed E-state index contributed by atoms with van der Waals surface area (Å²) in [5, 5.41) is 11.4. The number of hydrogen-bond donors (Lipinski definition) is 1. The number of unbranched alkanes of at least 4 members (excludes halogenated alkanes) is 5. The number of aliphatic hydroxyl groups is 1. The second kappa shape index (κ2) is 11.6. The molecule has 0 spiro atoms. The maximum atomic E-state index is 11.4. The fourth-order valence-electron chi connectivity index (χ4n) is 3.44. The molecule has 4 heteroatoms. The van der Waals surface area contributed by atoms with E-state index in [0.717, 1.165) is 19.3 Å². The van der Waals surface area contributed by atoms with Crippen LogP contribution in [-0.2, 0) is 20.6 Å². The van der Waals surface area contributed by atoms with Crippen LogP contribution < -0.4 is 0 Å². The van der Waals surface area contributed by atoms with Crippen molar-refractivity contribution in [1.82, 2.24) is 0 Å². The smallest absolute Gasteiger partial charge is 0.312 e.